The molecule has 0 aliphatic carbocycles. The first-order valence-corrected chi connectivity index (χ1v) is 10.3. The number of benzene rings is 1. The molecule has 4 heterocycles. The third-order valence-corrected chi connectivity index (χ3v) is 5.47. The van der Waals surface area contributed by atoms with E-state index in [1.807, 2.05) is 25.1 Å². The third kappa shape index (κ3) is 3.87. The van der Waals surface area contributed by atoms with Crippen LogP contribution in [0.2, 0.25) is 0 Å². The number of hydrogen-bond acceptors (Lipinski definition) is 8. The lowest BCUT2D eigenvalue weighted by molar-refractivity contribution is 0.313. The molecule has 1 aliphatic heterocycles. The third-order valence-electron chi connectivity index (χ3n) is 5.47. The van der Waals surface area contributed by atoms with Crippen LogP contribution in [0.25, 0.3) is 17.0 Å². The smallest absolute Gasteiger partial charge is 0.161 e. The number of nitrogens with one attached hydrogen (secondary N) is 1. The summed E-state index contributed by atoms with van der Waals surface area (Å²) in [5.74, 6) is 1.69. The molecule has 158 valence electrons. The largest absolute Gasteiger partial charge is 0.384 e. The second-order valence-electron chi connectivity index (χ2n) is 7.79. The van der Waals surface area contributed by atoms with E-state index in [-0.39, 0.29) is 0 Å². The first-order chi connectivity index (χ1) is 15.1. The predicted octanol–water partition coefficient (Wildman–Crippen LogP) is 2.57. The molecular weight excluding hydrogens is 390 g/mol. The molecule has 9 heteroatoms. The molecular formula is C22H25N9. The summed E-state index contributed by atoms with van der Waals surface area (Å²) >= 11 is 0. The average molecular weight is 416 g/mol. The monoisotopic (exact) mass is 415 g/mol. The lowest BCUT2D eigenvalue weighted by Gasteiger charge is -2.34. The molecule has 5 rings (SSSR count). The Morgan fingerprint density at radius 3 is 2.61 bits per heavy atom. The van der Waals surface area contributed by atoms with Crippen LogP contribution in [0.3, 0.4) is 0 Å². The van der Waals surface area contributed by atoms with E-state index in [1.165, 1.54) is 5.69 Å². The van der Waals surface area contributed by atoms with Crippen LogP contribution in [-0.2, 0) is 0 Å². The summed E-state index contributed by atoms with van der Waals surface area (Å²) in [6, 6.07) is 13.9. The molecule has 3 aromatic heterocycles. The Kier molecular flexibility index (Phi) is 4.87. The van der Waals surface area contributed by atoms with Crippen LogP contribution < -0.4 is 16.0 Å². The minimum absolute atomic E-state index is 0.413. The fourth-order valence-corrected chi connectivity index (χ4v) is 3.90. The first kappa shape index (κ1) is 19.3. The molecule has 31 heavy (non-hydrogen) atoms. The van der Waals surface area contributed by atoms with Crippen molar-refractivity contribution in [3.8, 4) is 11.4 Å². The summed E-state index contributed by atoms with van der Waals surface area (Å²) in [6.07, 6.45) is 1.73. The number of aryl methyl sites for hydroxylation is 1. The van der Waals surface area contributed by atoms with Gasteiger partial charge in [0.25, 0.3) is 0 Å². The van der Waals surface area contributed by atoms with E-state index < -0.39 is 0 Å². The van der Waals surface area contributed by atoms with Gasteiger partial charge in [-0.1, -0.05) is 6.07 Å². The van der Waals surface area contributed by atoms with Crippen molar-refractivity contribution in [3.05, 3.63) is 54.5 Å². The number of piperazine rings is 1. The standard InChI is InChI=1S/C22H25N9/c1-15-25-18(14-19(23)26-15)21-22(28-20-7-4-8-24-31(20)21)27-16-5-3-6-17(13-16)30-11-9-29(2)10-12-30/h3-8,13-14,27H,9-12H2,1-2H3,(H2,23,25,26). The molecule has 0 bridgehead atoms. The van der Waals surface area contributed by atoms with Crippen LogP contribution in [0.5, 0.6) is 0 Å². The fraction of sp³-hybridized carbons (Fsp3) is 0.273. The number of imidazole rings is 1. The van der Waals surface area contributed by atoms with Gasteiger partial charge < -0.3 is 20.9 Å². The van der Waals surface area contributed by atoms with Gasteiger partial charge in [-0.15, -0.1) is 0 Å². The van der Waals surface area contributed by atoms with Gasteiger partial charge in [-0.05, 0) is 44.3 Å². The van der Waals surface area contributed by atoms with Crippen LogP contribution in [-0.4, -0.2) is 62.7 Å². The SMILES string of the molecule is Cc1nc(N)cc(-c2c(Nc3cccc(N4CCN(C)CC4)c3)nc3cccnn23)n1. The van der Waals surface area contributed by atoms with E-state index in [9.17, 15) is 0 Å². The quantitative estimate of drug-likeness (QED) is 0.525. The van der Waals surface area contributed by atoms with Crippen LogP contribution in [0.4, 0.5) is 23.0 Å². The van der Waals surface area contributed by atoms with E-state index in [1.54, 1.807) is 16.8 Å². The maximum atomic E-state index is 5.99. The van der Waals surface area contributed by atoms with Gasteiger partial charge in [-0.2, -0.15) is 5.10 Å². The molecule has 9 nitrogen and oxygen atoms in total. The highest BCUT2D eigenvalue weighted by atomic mass is 15.3. The summed E-state index contributed by atoms with van der Waals surface area (Å²) < 4.78 is 1.77. The first-order valence-electron chi connectivity index (χ1n) is 10.3. The van der Waals surface area contributed by atoms with Gasteiger partial charge in [0.15, 0.2) is 11.5 Å². The Morgan fingerprint density at radius 2 is 1.81 bits per heavy atom. The van der Waals surface area contributed by atoms with Crippen LogP contribution in [0, 0.1) is 6.92 Å². The summed E-state index contributed by atoms with van der Waals surface area (Å²) in [5.41, 5.74) is 10.3. The van der Waals surface area contributed by atoms with Crippen molar-refractivity contribution in [2.45, 2.75) is 6.92 Å². The number of nitrogen functional groups attached to an aromatic ring is 1. The van der Waals surface area contributed by atoms with Gasteiger partial charge in [0.2, 0.25) is 0 Å². The van der Waals surface area contributed by atoms with Crippen molar-refractivity contribution in [2.75, 3.05) is 49.2 Å². The van der Waals surface area contributed by atoms with Crippen LogP contribution in [0.15, 0.2) is 48.7 Å². The zero-order valence-corrected chi connectivity index (χ0v) is 17.7. The van der Waals surface area contributed by atoms with Gasteiger partial charge in [-0.3, -0.25) is 0 Å². The Balaban J connectivity index is 1.53. The van der Waals surface area contributed by atoms with E-state index in [0.29, 0.717) is 23.2 Å². The fourth-order valence-electron chi connectivity index (χ4n) is 3.90. The molecule has 3 N–H and O–H groups in total. The van der Waals surface area contributed by atoms with Gasteiger partial charge in [0, 0.05) is 49.8 Å². The van der Waals surface area contributed by atoms with Gasteiger partial charge >= 0.3 is 0 Å². The number of anilines is 4. The van der Waals surface area contributed by atoms with Crippen molar-refractivity contribution in [2.24, 2.45) is 0 Å². The van der Waals surface area contributed by atoms with Gasteiger partial charge in [0.1, 0.15) is 17.3 Å². The van der Waals surface area contributed by atoms with Crippen LogP contribution in [0.1, 0.15) is 5.82 Å². The van der Waals surface area contributed by atoms with Gasteiger partial charge in [-0.25, -0.2) is 19.5 Å². The Hall–Kier alpha value is -3.72. The number of rotatable bonds is 4. The number of fused-ring (bicyclic) bond motifs is 1. The molecule has 1 aromatic carbocycles. The van der Waals surface area contributed by atoms with Crippen molar-refractivity contribution >= 4 is 28.7 Å². The normalized spacial score (nSPS) is 14.8. The molecule has 4 aromatic rings. The van der Waals surface area contributed by atoms with E-state index >= 15 is 0 Å². The number of likely N-dealkylation sites (N-methyl/N-ethyl adjacent to an activating group) is 1. The minimum atomic E-state index is 0.413. The molecule has 0 spiro atoms. The highest BCUT2D eigenvalue weighted by Crippen LogP contribution is 2.31. The van der Waals surface area contributed by atoms with E-state index in [0.717, 1.165) is 43.2 Å². The van der Waals surface area contributed by atoms with Crippen molar-refractivity contribution in [1.82, 2.24) is 29.5 Å². The van der Waals surface area contributed by atoms with Crippen molar-refractivity contribution < 1.29 is 0 Å². The zero-order valence-electron chi connectivity index (χ0n) is 17.7. The topological polar surface area (TPSA) is 100 Å². The Labute approximate surface area is 180 Å². The Bertz CT molecular complexity index is 1200. The molecule has 0 saturated carbocycles. The molecule has 0 atom stereocenters. The maximum Gasteiger partial charge on any atom is 0.161 e. The molecule has 1 fully saturated rings. The molecule has 0 unspecified atom stereocenters. The summed E-state index contributed by atoms with van der Waals surface area (Å²) in [6.45, 7) is 5.98. The van der Waals surface area contributed by atoms with Gasteiger partial charge in [0.05, 0.1) is 5.69 Å². The summed E-state index contributed by atoms with van der Waals surface area (Å²) in [5, 5.41) is 7.95. The second-order valence-corrected chi connectivity index (χ2v) is 7.79. The lowest BCUT2D eigenvalue weighted by Crippen LogP contribution is -2.44. The van der Waals surface area contributed by atoms with Crippen LogP contribution >= 0.6 is 0 Å². The maximum absolute atomic E-state index is 5.99. The van der Waals surface area contributed by atoms with Crippen molar-refractivity contribution in [1.29, 1.82) is 0 Å². The van der Waals surface area contributed by atoms with E-state index in [4.69, 9.17) is 10.7 Å². The summed E-state index contributed by atoms with van der Waals surface area (Å²) in [4.78, 5) is 18.3. The number of aromatic nitrogens is 5. The van der Waals surface area contributed by atoms with Crippen molar-refractivity contribution in [3.63, 3.8) is 0 Å². The zero-order chi connectivity index (χ0) is 21.4. The molecule has 0 radical (unpaired) electrons. The lowest BCUT2D eigenvalue weighted by atomic mass is 10.2. The predicted molar refractivity (Wildman–Crippen MR) is 123 cm³/mol. The number of nitrogens with zero attached hydrogens (tertiary/aromatic N) is 7. The Morgan fingerprint density at radius 1 is 0.968 bits per heavy atom. The minimum Gasteiger partial charge on any atom is -0.384 e. The van der Waals surface area contributed by atoms with E-state index in [2.05, 4.69) is 55.4 Å². The molecule has 0 amide bonds. The molecule has 1 aliphatic rings. The average Bonchev–Trinajstić information content (AvgIpc) is 3.11. The number of nitrogens with two attached hydrogens (primary N) is 1. The second kappa shape index (κ2) is 7.84. The highest BCUT2D eigenvalue weighted by molar-refractivity contribution is 5.79. The summed E-state index contributed by atoms with van der Waals surface area (Å²) in [7, 11) is 2.16. The number of hydrogen-bond donors (Lipinski definition) is 2. The highest BCUT2D eigenvalue weighted by Gasteiger charge is 2.19. The molecule has 1 saturated heterocycles.